The Morgan fingerprint density at radius 3 is 2.23 bits per heavy atom. The average molecular weight is 486 g/mol. The normalized spacial score (nSPS) is 11.4. The molecule has 0 spiro atoms. The number of anilines is 1. The van der Waals surface area contributed by atoms with Crippen molar-refractivity contribution in [3.8, 4) is 5.75 Å². The van der Waals surface area contributed by atoms with Crippen molar-refractivity contribution < 1.29 is 14.3 Å². The van der Waals surface area contributed by atoms with Gasteiger partial charge in [-0.1, -0.05) is 46.9 Å². The zero-order chi connectivity index (χ0) is 22.2. The fraction of sp³-hybridized carbons (Fsp3) is 0.238. The van der Waals surface area contributed by atoms with Crippen LogP contribution in [0.1, 0.15) is 40.8 Å². The Hall–Kier alpha value is -1.99. The third-order valence-corrected chi connectivity index (χ3v) is 6.37. The molecule has 0 aliphatic heterocycles. The van der Waals surface area contributed by atoms with Crippen molar-refractivity contribution in [2.75, 3.05) is 12.4 Å². The Balaban J connectivity index is 1.96. The molecule has 0 aliphatic carbocycles. The molecule has 3 rings (SSSR count). The van der Waals surface area contributed by atoms with Gasteiger partial charge in [-0.2, -0.15) is 0 Å². The van der Waals surface area contributed by atoms with E-state index in [2.05, 4.69) is 10.6 Å². The zero-order valence-corrected chi connectivity index (χ0v) is 19.7. The monoisotopic (exact) mass is 484 g/mol. The van der Waals surface area contributed by atoms with Gasteiger partial charge in [0.15, 0.2) is 5.75 Å². The summed E-state index contributed by atoms with van der Waals surface area (Å²) < 4.78 is 5.81. The molecule has 158 valence electrons. The van der Waals surface area contributed by atoms with E-state index in [1.165, 1.54) is 30.6 Å². The maximum absolute atomic E-state index is 12.8. The van der Waals surface area contributed by atoms with Crippen LogP contribution in [-0.4, -0.2) is 24.5 Å². The summed E-state index contributed by atoms with van der Waals surface area (Å²) >= 11 is 20.0. The Bertz CT molecular complexity index is 1130. The summed E-state index contributed by atoms with van der Waals surface area (Å²) in [7, 11) is 1.45. The molecule has 3 aromatic rings. The summed E-state index contributed by atoms with van der Waals surface area (Å²) in [6.45, 7) is 5.68. The largest absolute Gasteiger partial charge is 0.494 e. The summed E-state index contributed by atoms with van der Waals surface area (Å²) in [5.74, 6) is -0.365. The molecule has 2 N–H and O–H groups in total. The van der Waals surface area contributed by atoms with Crippen LogP contribution < -0.4 is 15.4 Å². The predicted molar refractivity (Wildman–Crippen MR) is 125 cm³/mol. The van der Waals surface area contributed by atoms with Gasteiger partial charge >= 0.3 is 0 Å². The highest BCUT2D eigenvalue weighted by Gasteiger charge is 2.23. The van der Waals surface area contributed by atoms with E-state index in [4.69, 9.17) is 39.5 Å². The molecular formula is C21H19Cl3N2O3S. The molecule has 0 radical (unpaired) electrons. The van der Waals surface area contributed by atoms with Crippen molar-refractivity contribution in [2.45, 2.75) is 26.3 Å². The van der Waals surface area contributed by atoms with Crippen LogP contribution in [0.2, 0.25) is 15.1 Å². The second kappa shape index (κ2) is 8.63. The van der Waals surface area contributed by atoms with E-state index in [0.29, 0.717) is 31.4 Å². The van der Waals surface area contributed by atoms with Gasteiger partial charge in [-0.15, -0.1) is 11.3 Å². The summed E-state index contributed by atoms with van der Waals surface area (Å²) in [6.07, 6.45) is 0. The third kappa shape index (κ3) is 4.67. The minimum Gasteiger partial charge on any atom is -0.494 e. The van der Waals surface area contributed by atoms with E-state index >= 15 is 0 Å². The van der Waals surface area contributed by atoms with E-state index in [9.17, 15) is 9.59 Å². The number of thiophene rings is 1. The number of rotatable bonds is 4. The maximum atomic E-state index is 12.8. The second-order valence-electron chi connectivity index (χ2n) is 7.56. The smallest absolute Gasteiger partial charge is 0.263 e. The van der Waals surface area contributed by atoms with E-state index in [0.717, 1.165) is 0 Å². The topological polar surface area (TPSA) is 67.4 Å². The van der Waals surface area contributed by atoms with Crippen LogP contribution in [0.25, 0.3) is 10.1 Å². The van der Waals surface area contributed by atoms with Gasteiger partial charge in [0.1, 0.15) is 4.88 Å². The van der Waals surface area contributed by atoms with Crippen LogP contribution in [0.4, 0.5) is 5.69 Å². The maximum Gasteiger partial charge on any atom is 0.263 e. The number of hydrogen-bond acceptors (Lipinski definition) is 4. The molecule has 0 unspecified atom stereocenters. The molecule has 0 bridgehead atoms. The fourth-order valence-corrected chi connectivity index (χ4v) is 4.92. The Labute approximate surface area is 193 Å². The van der Waals surface area contributed by atoms with Crippen molar-refractivity contribution in [1.29, 1.82) is 0 Å². The molecule has 0 aliphatic rings. The number of halogens is 3. The van der Waals surface area contributed by atoms with Crippen molar-refractivity contribution in [2.24, 2.45) is 0 Å². The van der Waals surface area contributed by atoms with E-state index in [1.807, 2.05) is 20.8 Å². The number of carbonyl (C=O) groups excluding carboxylic acids is 2. The minimum absolute atomic E-state index is 0.230. The summed E-state index contributed by atoms with van der Waals surface area (Å²) in [5.41, 5.74) is 0.402. The van der Waals surface area contributed by atoms with Crippen LogP contribution in [0, 0.1) is 0 Å². The lowest BCUT2D eigenvalue weighted by molar-refractivity contribution is 0.0923. The van der Waals surface area contributed by atoms with Crippen LogP contribution in [-0.2, 0) is 0 Å². The van der Waals surface area contributed by atoms with Crippen molar-refractivity contribution >= 4 is 73.7 Å². The summed E-state index contributed by atoms with van der Waals surface area (Å²) in [5, 5.41) is 7.24. The van der Waals surface area contributed by atoms with Gasteiger partial charge in [-0.05, 0) is 39.0 Å². The molecule has 1 aromatic heterocycles. The molecular weight excluding hydrogens is 467 g/mol. The number of methoxy groups -OCH3 is 1. The molecule has 0 atom stereocenters. The highest BCUT2D eigenvalue weighted by Crippen LogP contribution is 2.40. The molecule has 0 saturated carbocycles. The Morgan fingerprint density at radius 1 is 1.03 bits per heavy atom. The molecule has 2 amide bonds. The molecule has 30 heavy (non-hydrogen) atoms. The standard InChI is InChI=1S/C21H19Cl3N2O3S/c1-21(2,3)26-20(28)18-15(24)11-6-5-7-14(17(11)30-18)25-19(27)10-8-12(22)16(29-4)13(23)9-10/h5-9H,1-4H3,(H,25,27)(H,26,28). The highest BCUT2D eigenvalue weighted by atomic mass is 35.5. The highest BCUT2D eigenvalue weighted by molar-refractivity contribution is 7.22. The number of amides is 2. The summed E-state index contributed by atoms with van der Waals surface area (Å²) in [6, 6.07) is 8.26. The number of benzene rings is 2. The number of ether oxygens (including phenoxy) is 1. The second-order valence-corrected chi connectivity index (χ2v) is 9.77. The van der Waals surface area contributed by atoms with Crippen molar-refractivity contribution in [3.63, 3.8) is 0 Å². The van der Waals surface area contributed by atoms with Crippen LogP contribution in [0.3, 0.4) is 0 Å². The van der Waals surface area contributed by atoms with Gasteiger partial charge in [0.2, 0.25) is 0 Å². The first-order valence-corrected chi connectivity index (χ1v) is 10.8. The lowest BCUT2D eigenvalue weighted by Crippen LogP contribution is -2.40. The molecule has 0 saturated heterocycles. The first-order valence-electron chi connectivity index (χ1n) is 8.89. The lowest BCUT2D eigenvalue weighted by Gasteiger charge is -2.19. The van der Waals surface area contributed by atoms with Gasteiger partial charge in [-0.25, -0.2) is 0 Å². The fourth-order valence-electron chi connectivity index (χ4n) is 2.81. The molecule has 5 nitrogen and oxygen atoms in total. The van der Waals surface area contributed by atoms with Crippen molar-refractivity contribution in [3.05, 3.63) is 55.8 Å². The van der Waals surface area contributed by atoms with E-state index in [-0.39, 0.29) is 21.5 Å². The Morgan fingerprint density at radius 2 is 1.67 bits per heavy atom. The van der Waals surface area contributed by atoms with Gasteiger partial charge in [0, 0.05) is 16.5 Å². The SMILES string of the molecule is COc1c(Cl)cc(C(=O)Nc2cccc3c(Cl)c(C(=O)NC(C)(C)C)sc23)cc1Cl. The number of hydrogen-bond donors (Lipinski definition) is 2. The van der Waals surface area contributed by atoms with Gasteiger partial charge < -0.3 is 15.4 Å². The Kier molecular flexibility index (Phi) is 6.53. The number of carbonyl (C=O) groups is 2. The van der Waals surface area contributed by atoms with Gasteiger partial charge in [0.25, 0.3) is 11.8 Å². The van der Waals surface area contributed by atoms with Gasteiger partial charge in [-0.3, -0.25) is 9.59 Å². The van der Waals surface area contributed by atoms with Gasteiger partial charge in [0.05, 0.1) is 32.6 Å². The first kappa shape index (κ1) is 22.7. The first-order chi connectivity index (χ1) is 14.0. The molecule has 2 aromatic carbocycles. The number of nitrogens with one attached hydrogen (secondary N) is 2. The number of fused-ring (bicyclic) bond motifs is 1. The predicted octanol–water partition coefficient (Wildman–Crippen LogP) is 6.65. The third-order valence-electron chi connectivity index (χ3n) is 4.06. The molecule has 9 heteroatoms. The summed E-state index contributed by atoms with van der Waals surface area (Å²) in [4.78, 5) is 25.8. The zero-order valence-electron chi connectivity index (χ0n) is 16.7. The van der Waals surface area contributed by atoms with Crippen LogP contribution in [0.15, 0.2) is 30.3 Å². The lowest BCUT2D eigenvalue weighted by atomic mass is 10.1. The quantitative estimate of drug-likeness (QED) is 0.435. The molecule has 0 fully saturated rings. The van der Waals surface area contributed by atoms with E-state index in [1.54, 1.807) is 18.2 Å². The van der Waals surface area contributed by atoms with E-state index < -0.39 is 11.4 Å². The van der Waals surface area contributed by atoms with Crippen LogP contribution in [0.5, 0.6) is 5.75 Å². The minimum atomic E-state index is -0.404. The average Bonchev–Trinajstić information content (AvgIpc) is 2.98. The van der Waals surface area contributed by atoms with Crippen molar-refractivity contribution in [1.82, 2.24) is 5.32 Å². The van der Waals surface area contributed by atoms with Crippen LogP contribution >= 0.6 is 46.1 Å². The molecule has 1 heterocycles.